The molecule has 1 heterocycles. The van der Waals surface area contributed by atoms with Crippen molar-refractivity contribution < 1.29 is 8.81 Å². The fraction of sp³-hybridized carbons (Fsp3) is 0. The van der Waals surface area contributed by atoms with Crippen molar-refractivity contribution in [3.63, 3.8) is 0 Å². The molecule has 1 aromatic heterocycles. The lowest BCUT2D eigenvalue weighted by Gasteiger charge is -2.04. The Morgan fingerprint density at radius 1 is 1.05 bits per heavy atom. The first-order chi connectivity index (χ1) is 9.04. The van der Waals surface area contributed by atoms with Gasteiger partial charge in [0.25, 0.3) is 0 Å². The molecule has 0 atom stereocenters. The second-order valence-electron chi connectivity index (χ2n) is 4.14. The molecule has 3 rings (SSSR count). The van der Waals surface area contributed by atoms with Crippen LogP contribution in [0.15, 0.2) is 40.8 Å². The smallest absolute Gasteiger partial charge is 0.137 e. The van der Waals surface area contributed by atoms with Gasteiger partial charge in [-0.3, -0.25) is 0 Å². The van der Waals surface area contributed by atoms with E-state index in [1.807, 2.05) is 0 Å². The van der Waals surface area contributed by atoms with Gasteiger partial charge in [0.2, 0.25) is 0 Å². The Bertz CT molecular complexity index is 782. The van der Waals surface area contributed by atoms with Crippen molar-refractivity contribution in [1.82, 2.24) is 0 Å². The third kappa shape index (κ3) is 2.15. The van der Waals surface area contributed by atoms with Gasteiger partial charge in [0.1, 0.15) is 17.2 Å². The number of anilines is 1. The van der Waals surface area contributed by atoms with E-state index in [0.29, 0.717) is 21.9 Å². The number of furan rings is 1. The van der Waals surface area contributed by atoms with Crippen molar-refractivity contribution in [2.45, 2.75) is 0 Å². The van der Waals surface area contributed by atoms with E-state index < -0.39 is 5.82 Å². The highest BCUT2D eigenvalue weighted by Gasteiger charge is 2.13. The Balaban J connectivity index is 2.24. The average Bonchev–Trinajstić information content (AvgIpc) is 2.76. The molecular formula is C14H8Cl2FNO. The van der Waals surface area contributed by atoms with Gasteiger partial charge in [0.05, 0.1) is 10.7 Å². The zero-order chi connectivity index (χ0) is 13.6. The minimum absolute atomic E-state index is 0.161. The van der Waals surface area contributed by atoms with Crippen LogP contribution in [0.5, 0.6) is 0 Å². The van der Waals surface area contributed by atoms with Crippen molar-refractivity contribution in [3.05, 3.63) is 52.3 Å². The summed E-state index contributed by atoms with van der Waals surface area (Å²) in [6.45, 7) is 0. The van der Waals surface area contributed by atoms with Gasteiger partial charge in [0.15, 0.2) is 0 Å². The van der Waals surface area contributed by atoms with Crippen LogP contribution in [-0.2, 0) is 0 Å². The first kappa shape index (κ1) is 12.3. The highest BCUT2D eigenvalue weighted by Crippen LogP contribution is 2.36. The molecular weight excluding hydrogens is 288 g/mol. The molecule has 0 aliphatic carbocycles. The van der Waals surface area contributed by atoms with Crippen LogP contribution in [0.3, 0.4) is 0 Å². The molecule has 3 aromatic rings. The summed E-state index contributed by atoms with van der Waals surface area (Å²) in [5, 5.41) is 1.58. The molecule has 0 aliphatic rings. The monoisotopic (exact) mass is 295 g/mol. The molecule has 2 N–H and O–H groups in total. The molecule has 0 amide bonds. The fourth-order valence-corrected chi connectivity index (χ4v) is 2.32. The molecule has 0 saturated carbocycles. The molecule has 0 unspecified atom stereocenters. The largest absolute Gasteiger partial charge is 0.456 e. The molecule has 0 fully saturated rings. The maximum atomic E-state index is 13.4. The zero-order valence-corrected chi connectivity index (χ0v) is 11.1. The molecule has 2 nitrogen and oxygen atoms in total. The molecule has 2 aromatic carbocycles. The third-order valence-electron chi connectivity index (χ3n) is 2.84. The predicted octanol–water partition coefficient (Wildman–Crippen LogP) is 5.13. The van der Waals surface area contributed by atoms with Crippen LogP contribution in [0.25, 0.3) is 22.3 Å². The Morgan fingerprint density at radius 2 is 1.84 bits per heavy atom. The Morgan fingerprint density at radius 3 is 2.63 bits per heavy atom. The van der Waals surface area contributed by atoms with Crippen LogP contribution in [0.1, 0.15) is 0 Å². The van der Waals surface area contributed by atoms with Gasteiger partial charge in [-0.25, -0.2) is 4.39 Å². The summed E-state index contributed by atoms with van der Waals surface area (Å²) in [4.78, 5) is 0. The van der Waals surface area contributed by atoms with Crippen molar-refractivity contribution in [2.75, 3.05) is 5.73 Å². The number of nitrogens with two attached hydrogens (primary N) is 1. The van der Waals surface area contributed by atoms with Gasteiger partial charge >= 0.3 is 0 Å². The van der Waals surface area contributed by atoms with Crippen molar-refractivity contribution in [1.29, 1.82) is 0 Å². The van der Waals surface area contributed by atoms with Crippen LogP contribution < -0.4 is 5.73 Å². The molecule has 0 saturated heterocycles. The second-order valence-corrected chi connectivity index (χ2v) is 4.99. The average molecular weight is 296 g/mol. The zero-order valence-electron chi connectivity index (χ0n) is 9.58. The van der Waals surface area contributed by atoms with Gasteiger partial charge in [-0.2, -0.15) is 0 Å². The lowest BCUT2D eigenvalue weighted by atomic mass is 10.1. The summed E-state index contributed by atoms with van der Waals surface area (Å²) in [5.74, 6) is -0.0103. The normalized spacial score (nSPS) is 11.1. The van der Waals surface area contributed by atoms with Crippen LogP contribution in [0.2, 0.25) is 10.0 Å². The number of nitrogen functional groups attached to an aromatic ring is 1. The summed E-state index contributed by atoms with van der Waals surface area (Å²) < 4.78 is 19.0. The van der Waals surface area contributed by atoms with Gasteiger partial charge in [-0.05, 0) is 36.4 Å². The third-order valence-corrected chi connectivity index (χ3v) is 3.39. The Hall–Kier alpha value is -1.71. The maximum Gasteiger partial charge on any atom is 0.137 e. The van der Waals surface area contributed by atoms with Crippen LogP contribution in [-0.4, -0.2) is 0 Å². The van der Waals surface area contributed by atoms with E-state index in [9.17, 15) is 4.39 Å². The summed E-state index contributed by atoms with van der Waals surface area (Å²) in [7, 11) is 0. The minimum atomic E-state index is -0.465. The van der Waals surface area contributed by atoms with Crippen molar-refractivity contribution in [2.24, 2.45) is 0 Å². The van der Waals surface area contributed by atoms with Crippen molar-refractivity contribution in [3.8, 4) is 11.3 Å². The molecule has 0 spiro atoms. The second kappa shape index (κ2) is 4.44. The maximum absolute atomic E-state index is 13.4. The number of hydrogen-bond donors (Lipinski definition) is 1. The Labute approximate surface area is 118 Å². The minimum Gasteiger partial charge on any atom is -0.456 e. The van der Waals surface area contributed by atoms with E-state index >= 15 is 0 Å². The van der Waals surface area contributed by atoms with Crippen LogP contribution in [0, 0.1) is 5.82 Å². The van der Waals surface area contributed by atoms with Gasteiger partial charge in [0, 0.05) is 16.0 Å². The van der Waals surface area contributed by atoms with E-state index in [4.69, 9.17) is 33.4 Å². The molecule has 0 bridgehead atoms. The predicted molar refractivity (Wildman–Crippen MR) is 76.0 cm³/mol. The number of rotatable bonds is 1. The van der Waals surface area contributed by atoms with E-state index in [1.165, 1.54) is 12.1 Å². The first-order valence-electron chi connectivity index (χ1n) is 5.48. The van der Waals surface area contributed by atoms with Crippen molar-refractivity contribution >= 4 is 39.9 Å². The van der Waals surface area contributed by atoms with Gasteiger partial charge in [-0.1, -0.05) is 23.2 Å². The molecule has 0 aliphatic heterocycles. The number of fused-ring (bicyclic) bond motifs is 1. The molecule has 96 valence electrons. The molecule has 19 heavy (non-hydrogen) atoms. The fourth-order valence-electron chi connectivity index (χ4n) is 1.94. The summed E-state index contributed by atoms with van der Waals surface area (Å²) in [6, 6.07) is 9.45. The number of benzene rings is 2. The van der Waals surface area contributed by atoms with E-state index in [-0.39, 0.29) is 10.7 Å². The van der Waals surface area contributed by atoms with Gasteiger partial charge < -0.3 is 10.2 Å². The molecule has 0 radical (unpaired) electrons. The lowest BCUT2D eigenvalue weighted by Crippen LogP contribution is -1.92. The van der Waals surface area contributed by atoms with E-state index in [1.54, 1.807) is 24.3 Å². The first-order valence-corrected chi connectivity index (χ1v) is 6.24. The number of hydrogen-bond acceptors (Lipinski definition) is 2. The van der Waals surface area contributed by atoms with E-state index in [2.05, 4.69) is 0 Å². The van der Waals surface area contributed by atoms with Gasteiger partial charge in [-0.15, -0.1) is 0 Å². The topological polar surface area (TPSA) is 39.2 Å². The molecule has 5 heteroatoms. The van der Waals surface area contributed by atoms with Crippen LogP contribution in [0.4, 0.5) is 10.1 Å². The highest BCUT2D eigenvalue weighted by atomic mass is 35.5. The summed E-state index contributed by atoms with van der Waals surface area (Å²) in [5.41, 5.74) is 7.22. The summed E-state index contributed by atoms with van der Waals surface area (Å²) >= 11 is 11.8. The number of halogens is 3. The van der Waals surface area contributed by atoms with E-state index in [0.717, 1.165) is 5.39 Å². The highest BCUT2D eigenvalue weighted by molar-refractivity contribution is 6.33. The standard InChI is InChI=1S/C14H8Cl2FNO/c15-8-1-2-12-7(3-8)4-13(19-12)10-5-9(17)6-11(16)14(10)18/h1-6H,18H2. The Kier molecular flexibility index (Phi) is 2.88. The van der Waals surface area contributed by atoms with Crippen LogP contribution >= 0.6 is 23.2 Å². The summed E-state index contributed by atoms with van der Waals surface area (Å²) in [6.07, 6.45) is 0. The lowest BCUT2D eigenvalue weighted by molar-refractivity contribution is 0.618. The quantitative estimate of drug-likeness (QED) is 0.632. The SMILES string of the molecule is Nc1c(Cl)cc(F)cc1-c1cc2cc(Cl)ccc2o1.